The minimum absolute atomic E-state index is 0.170. The molecule has 4 rings (SSSR count). The number of fused-ring (bicyclic) bond motifs is 1. The molecular weight excluding hydrogens is 460 g/mol. The molecule has 0 saturated carbocycles. The number of ether oxygens (including phenoxy) is 1. The van der Waals surface area contributed by atoms with Crippen LogP contribution in [0.2, 0.25) is 0 Å². The van der Waals surface area contributed by atoms with E-state index in [1.807, 2.05) is 24.3 Å². The summed E-state index contributed by atoms with van der Waals surface area (Å²) in [7, 11) is 1.61. The van der Waals surface area contributed by atoms with Crippen LogP contribution in [0.25, 0.3) is 0 Å². The van der Waals surface area contributed by atoms with Crippen LogP contribution in [0.15, 0.2) is 53.0 Å². The number of urea groups is 1. The van der Waals surface area contributed by atoms with Gasteiger partial charge in [0.1, 0.15) is 5.75 Å². The van der Waals surface area contributed by atoms with Crippen molar-refractivity contribution < 1.29 is 14.6 Å². The summed E-state index contributed by atoms with van der Waals surface area (Å²) in [6, 6.07) is 15.8. The Morgan fingerprint density at radius 3 is 2.55 bits per heavy atom. The standard InChI is InChI=1S/C23H29BrN4O3/c1-31-19-8-6-17(7-9-19)26-23(30)27-13-18(29)10-11-28-20(12-25)22(21(28)14-27)15-2-4-16(24)5-3-15/h2-9,18,20-22,29H,10-14,25H2,1H3,(H,26,30)/t18-,20+,21-,22-/m0/s1. The molecule has 0 aliphatic carbocycles. The average Bonchev–Trinajstić information content (AvgIpc) is 2.76. The lowest BCUT2D eigenvalue weighted by atomic mass is 9.74. The van der Waals surface area contributed by atoms with Gasteiger partial charge >= 0.3 is 6.03 Å². The van der Waals surface area contributed by atoms with Gasteiger partial charge in [0.05, 0.1) is 13.2 Å². The van der Waals surface area contributed by atoms with Crippen molar-refractivity contribution in [1.29, 1.82) is 0 Å². The number of amides is 2. The first kappa shape index (κ1) is 22.1. The molecular formula is C23H29BrN4O3. The minimum Gasteiger partial charge on any atom is -0.497 e. The maximum absolute atomic E-state index is 13.1. The molecule has 2 amide bonds. The van der Waals surface area contributed by atoms with Crippen LogP contribution in [0.1, 0.15) is 17.9 Å². The van der Waals surface area contributed by atoms with Crippen LogP contribution in [-0.2, 0) is 0 Å². The summed E-state index contributed by atoms with van der Waals surface area (Å²) in [6.07, 6.45) is 0.0551. The number of aliphatic hydroxyl groups excluding tert-OH is 1. The van der Waals surface area contributed by atoms with Crippen molar-refractivity contribution in [3.8, 4) is 5.75 Å². The number of aliphatic hydroxyl groups is 1. The van der Waals surface area contributed by atoms with Gasteiger partial charge in [0.15, 0.2) is 0 Å². The molecule has 0 radical (unpaired) electrons. The van der Waals surface area contributed by atoms with Crippen molar-refractivity contribution in [2.24, 2.45) is 5.73 Å². The highest BCUT2D eigenvalue weighted by atomic mass is 79.9. The fourth-order valence-corrected chi connectivity index (χ4v) is 5.03. The maximum atomic E-state index is 13.1. The predicted molar refractivity (Wildman–Crippen MR) is 124 cm³/mol. The second-order valence-corrected chi connectivity index (χ2v) is 9.11. The van der Waals surface area contributed by atoms with Gasteiger partial charge in [-0.1, -0.05) is 28.1 Å². The number of carbonyl (C=O) groups excluding carboxylic acids is 1. The van der Waals surface area contributed by atoms with Crippen molar-refractivity contribution >= 4 is 27.6 Å². The first-order valence-electron chi connectivity index (χ1n) is 10.6. The average molecular weight is 489 g/mol. The third-order valence-corrected chi connectivity index (χ3v) is 6.89. The number of β-amino-alcohol motifs (C(OH)–C–C–N with tert-alkyl or cyclic N) is 1. The number of rotatable bonds is 4. The zero-order valence-electron chi connectivity index (χ0n) is 17.6. The number of hydrogen-bond acceptors (Lipinski definition) is 5. The zero-order chi connectivity index (χ0) is 22.0. The quantitative estimate of drug-likeness (QED) is 0.615. The molecule has 2 fully saturated rings. The maximum Gasteiger partial charge on any atom is 0.321 e. The van der Waals surface area contributed by atoms with E-state index in [9.17, 15) is 9.90 Å². The SMILES string of the molecule is COc1ccc(NC(=O)N2C[C@@H](O)CCN3[C@H](CN)[C@H](c4ccc(Br)cc4)[C@@H]3C2)cc1. The first-order chi connectivity index (χ1) is 15.0. The van der Waals surface area contributed by atoms with Gasteiger partial charge in [-0.2, -0.15) is 0 Å². The van der Waals surface area contributed by atoms with E-state index in [2.05, 4.69) is 38.3 Å². The fourth-order valence-electron chi connectivity index (χ4n) is 4.76. The normalized spacial score (nSPS) is 26.3. The largest absolute Gasteiger partial charge is 0.497 e. The minimum atomic E-state index is -0.562. The number of methoxy groups -OCH3 is 1. The van der Waals surface area contributed by atoms with E-state index < -0.39 is 6.10 Å². The third kappa shape index (κ3) is 4.72. The van der Waals surface area contributed by atoms with Crippen LogP contribution in [0, 0.1) is 0 Å². The van der Waals surface area contributed by atoms with Crippen molar-refractivity contribution in [1.82, 2.24) is 9.80 Å². The number of nitrogens with two attached hydrogens (primary N) is 1. The van der Waals surface area contributed by atoms with E-state index in [1.165, 1.54) is 5.56 Å². The molecule has 2 heterocycles. The Morgan fingerprint density at radius 2 is 1.90 bits per heavy atom. The van der Waals surface area contributed by atoms with Crippen molar-refractivity contribution in [3.63, 3.8) is 0 Å². The third-order valence-electron chi connectivity index (χ3n) is 6.37. The Kier molecular flexibility index (Phi) is 6.81. The van der Waals surface area contributed by atoms with E-state index in [0.29, 0.717) is 31.7 Å². The van der Waals surface area contributed by atoms with Gasteiger partial charge in [0, 0.05) is 54.3 Å². The summed E-state index contributed by atoms with van der Waals surface area (Å²) in [5.74, 6) is 0.986. The topological polar surface area (TPSA) is 91.1 Å². The van der Waals surface area contributed by atoms with E-state index in [4.69, 9.17) is 10.5 Å². The van der Waals surface area contributed by atoms with Crippen LogP contribution in [0.4, 0.5) is 10.5 Å². The Bertz CT molecular complexity index is 893. The monoisotopic (exact) mass is 488 g/mol. The Balaban J connectivity index is 1.52. The van der Waals surface area contributed by atoms with Crippen LogP contribution in [0.5, 0.6) is 5.75 Å². The molecule has 8 heteroatoms. The van der Waals surface area contributed by atoms with Gasteiger partial charge in [-0.05, 0) is 48.4 Å². The molecule has 31 heavy (non-hydrogen) atoms. The highest BCUT2D eigenvalue weighted by molar-refractivity contribution is 9.10. The summed E-state index contributed by atoms with van der Waals surface area (Å²) in [5, 5.41) is 13.4. The number of nitrogens with one attached hydrogen (secondary N) is 1. The van der Waals surface area contributed by atoms with E-state index in [0.717, 1.165) is 16.8 Å². The van der Waals surface area contributed by atoms with Crippen LogP contribution < -0.4 is 15.8 Å². The summed E-state index contributed by atoms with van der Waals surface area (Å²) in [6.45, 7) is 2.18. The van der Waals surface area contributed by atoms with Gasteiger partial charge in [-0.25, -0.2) is 4.79 Å². The van der Waals surface area contributed by atoms with Crippen molar-refractivity contribution in [2.45, 2.75) is 30.5 Å². The number of halogens is 1. The zero-order valence-corrected chi connectivity index (χ0v) is 19.2. The smallest absolute Gasteiger partial charge is 0.321 e. The van der Waals surface area contributed by atoms with Crippen LogP contribution >= 0.6 is 15.9 Å². The second kappa shape index (κ2) is 9.56. The lowest BCUT2D eigenvalue weighted by Gasteiger charge is -2.57. The number of anilines is 1. The Hall–Kier alpha value is -2.13. The summed E-state index contributed by atoms with van der Waals surface area (Å²) in [4.78, 5) is 17.1. The Morgan fingerprint density at radius 1 is 1.19 bits per heavy atom. The van der Waals surface area contributed by atoms with Gasteiger partial charge in [-0.3, -0.25) is 4.90 Å². The summed E-state index contributed by atoms with van der Waals surface area (Å²) >= 11 is 3.50. The van der Waals surface area contributed by atoms with Gasteiger partial charge < -0.3 is 25.8 Å². The highest BCUT2D eigenvalue weighted by Gasteiger charge is 2.49. The van der Waals surface area contributed by atoms with Crippen LogP contribution in [-0.4, -0.2) is 72.4 Å². The van der Waals surface area contributed by atoms with Crippen molar-refractivity contribution in [3.05, 3.63) is 58.6 Å². The lowest BCUT2D eigenvalue weighted by Crippen LogP contribution is -2.69. The predicted octanol–water partition coefficient (Wildman–Crippen LogP) is 2.85. The second-order valence-electron chi connectivity index (χ2n) is 8.19. The van der Waals surface area contributed by atoms with Crippen molar-refractivity contribution in [2.75, 3.05) is 38.6 Å². The summed E-state index contributed by atoms with van der Waals surface area (Å²) < 4.78 is 6.22. The fraction of sp³-hybridized carbons (Fsp3) is 0.435. The number of nitrogens with zero attached hydrogens (tertiary/aromatic N) is 2. The van der Waals surface area contributed by atoms with Gasteiger partial charge in [0.2, 0.25) is 0 Å². The van der Waals surface area contributed by atoms with E-state index in [-0.39, 0.29) is 24.0 Å². The molecule has 2 aliphatic heterocycles. The molecule has 0 unspecified atom stereocenters. The molecule has 2 aromatic carbocycles. The Labute approximate surface area is 191 Å². The van der Waals surface area contributed by atoms with Gasteiger partial charge in [-0.15, -0.1) is 0 Å². The van der Waals surface area contributed by atoms with E-state index in [1.54, 1.807) is 24.1 Å². The molecule has 2 saturated heterocycles. The molecule has 2 aromatic rings. The first-order valence-corrected chi connectivity index (χ1v) is 11.4. The molecule has 0 spiro atoms. The number of hydrogen-bond donors (Lipinski definition) is 3. The lowest BCUT2D eigenvalue weighted by molar-refractivity contribution is -0.0492. The molecule has 2 aliphatic rings. The van der Waals surface area contributed by atoms with Crippen LogP contribution in [0.3, 0.4) is 0 Å². The molecule has 0 bridgehead atoms. The number of benzene rings is 2. The number of carbonyl (C=O) groups is 1. The summed E-state index contributed by atoms with van der Waals surface area (Å²) in [5.41, 5.74) is 8.05. The molecule has 166 valence electrons. The van der Waals surface area contributed by atoms with Gasteiger partial charge in [0.25, 0.3) is 0 Å². The molecule has 4 N–H and O–H groups in total. The highest BCUT2D eigenvalue weighted by Crippen LogP contribution is 2.42. The van der Waals surface area contributed by atoms with E-state index >= 15 is 0 Å². The molecule has 4 atom stereocenters. The molecule has 0 aromatic heterocycles. The molecule has 7 nitrogen and oxygen atoms in total.